The summed E-state index contributed by atoms with van der Waals surface area (Å²) in [5.74, 6) is 1.09. The van der Waals surface area contributed by atoms with E-state index in [0.29, 0.717) is 0 Å². The lowest BCUT2D eigenvalue weighted by atomic mass is 10.1. The summed E-state index contributed by atoms with van der Waals surface area (Å²) >= 11 is 1.81. The molecule has 108 valence electrons. The minimum absolute atomic E-state index is 0.0832. The molecule has 0 N–H and O–H groups in total. The van der Waals surface area contributed by atoms with Crippen LogP contribution in [-0.4, -0.2) is 11.7 Å². The van der Waals surface area contributed by atoms with E-state index in [-0.39, 0.29) is 11.3 Å². The molecular weight excluding hydrogens is 278 g/mol. The SMILES string of the molecule is CCSC1c2ccccc2C(=O)N1c1cc(C)cc(C)c1. The first-order chi connectivity index (χ1) is 10.1. The number of rotatable bonds is 3. The van der Waals surface area contributed by atoms with Crippen LogP contribution < -0.4 is 4.90 Å². The van der Waals surface area contributed by atoms with Gasteiger partial charge in [0.2, 0.25) is 0 Å². The van der Waals surface area contributed by atoms with Crippen LogP contribution in [0.1, 0.15) is 39.3 Å². The normalized spacial score (nSPS) is 17.2. The van der Waals surface area contributed by atoms with E-state index in [1.807, 2.05) is 23.1 Å². The topological polar surface area (TPSA) is 20.3 Å². The minimum Gasteiger partial charge on any atom is -0.292 e. The van der Waals surface area contributed by atoms with Crippen molar-refractivity contribution in [1.29, 1.82) is 0 Å². The lowest BCUT2D eigenvalue weighted by molar-refractivity contribution is 0.0996. The fraction of sp³-hybridized carbons (Fsp3) is 0.278. The van der Waals surface area contributed by atoms with Gasteiger partial charge in [0, 0.05) is 11.3 Å². The number of carbonyl (C=O) groups excluding carboxylic acids is 1. The third-order valence-corrected chi connectivity index (χ3v) is 4.83. The van der Waals surface area contributed by atoms with Crippen molar-refractivity contribution in [3.8, 4) is 0 Å². The summed E-state index contributed by atoms with van der Waals surface area (Å²) in [6, 6.07) is 14.3. The molecule has 3 heteroatoms. The molecule has 1 amide bonds. The number of aryl methyl sites for hydroxylation is 2. The van der Waals surface area contributed by atoms with E-state index in [4.69, 9.17) is 0 Å². The van der Waals surface area contributed by atoms with Gasteiger partial charge in [-0.25, -0.2) is 0 Å². The van der Waals surface area contributed by atoms with Crippen LogP contribution in [0.25, 0.3) is 0 Å². The van der Waals surface area contributed by atoms with Gasteiger partial charge in [0.1, 0.15) is 5.37 Å². The molecule has 1 heterocycles. The van der Waals surface area contributed by atoms with Gasteiger partial charge in [-0.1, -0.05) is 31.2 Å². The quantitative estimate of drug-likeness (QED) is 0.817. The Hall–Kier alpha value is -1.74. The van der Waals surface area contributed by atoms with Gasteiger partial charge in [-0.15, -0.1) is 11.8 Å². The van der Waals surface area contributed by atoms with Gasteiger partial charge in [0.15, 0.2) is 0 Å². The van der Waals surface area contributed by atoms with Gasteiger partial charge in [0.05, 0.1) is 0 Å². The van der Waals surface area contributed by atoms with Crippen LogP contribution in [0.4, 0.5) is 5.69 Å². The van der Waals surface area contributed by atoms with E-state index < -0.39 is 0 Å². The van der Waals surface area contributed by atoms with E-state index in [0.717, 1.165) is 22.6 Å². The number of nitrogens with zero attached hydrogens (tertiary/aromatic N) is 1. The Morgan fingerprint density at radius 1 is 1.10 bits per heavy atom. The molecular formula is C18H19NOS. The van der Waals surface area contributed by atoms with Gasteiger partial charge in [-0.2, -0.15) is 0 Å². The second kappa shape index (κ2) is 5.57. The molecule has 2 aromatic carbocycles. The standard InChI is InChI=1S/C18H19NOS/c1-4-21-18-16-8-6-5-7-15(16)17(20)19(18)14-10-12(2)9-13(3)11-14/h5-11,18H,4H2,1-3H3. The van der Waals surface area contributed by atoms with Crippen molar-refractivity contribution in [2.75, 3.05) is 10.7 Å². The third kappa shape index (κ3) is 2.46. The molecule has 2 nitrogen and oxygen atoms in total. The number of carbonyl (C=O) groups is 1. The van der Waals surface area contributed by atoms with Crippen LogP contribution in [0.3, 0.4) is 0 Å². The van der Waals surface area contributed by atoms with E-state index in [9.17, 15) is 4.79 Å². The molecule has 2 aromatic rings. The summed E-state index contributed by atoms with van der Waals surface area (Å²) in [4.78, 5) is 14.8. The van der Waals surface area contributed by atoms with E-state index in [1.54, 1.807) is 11.8 Å². The van der Waals surface area contributed by atoms with E-state index in [1.165, 1.54) is 11.1 Å². The molecule has 1 atom stereocenters. The largest absolute Gasteiger partial charge is 0.292 e. The Labute approximate surface area is 130 Å². The number of amides is 1. The van der Waals surface area contributed by atoms with Crippen molar-refractivity contribution in [2.45, 2.75) is 26.1 Å². The van der Waals surface area contributed by atoms with Crippen molar-refractivity contribution in [3.63, 3.8) is 0 Å². The monoisotopic (exact) mass is 297 g/mol. The lowest BCUT2D eigenvalue weighted by Crippen LogP contribution is -2.26. The first-order valence-electron chi connectivity index (χ1n) is 7.24. The highest BCUT2D eigenvalue weighted by molar-refractivity contribution is 7.99. The maximum atomic E-state index is 12.8. The molecule has 0 bridgehead atoms. The van der Waals surface area contributed by atoms with Crippen molar-refractivity contribution in [2.24, 2.45) is 0 Å². The average Bonchev–Trinajstić information content (AvgIpc) is 2.72. The van der Waals surface area contributed by atoms with Crippen LogP contribution in [0.15, 0.2) is 42.5 Å². The molecule has 1 unspecified atom stereocenters. The molecule has 0 aliphatic carbocycles. The summed E-state index contributed by atoms with van der Waals surface area (Å²) in [6.45, 7) is 6.29. The third-order valence-electron chi connectivity index (χ3n) is 3.72. The molecule has 0 saturated carbocycles. The Morgan fingerprint density at radius 2 is 1.76 bits per heavy atom. The first-order valence-corrected chi connectivity index (χ1v) is 8.29. The molecule has 0 spiro atoms. The molecule has 3 rings (SSSR count). The lowest BCUT2D eigenvalue weighted by Gasteiger charge is -2.25. The van der Waals surface area contributed by atoms with Gasteiger partial charge in [-0.05, 0) is 54.5 Å². The summed E-state index contributed by atoms with van der Waals surface area (Å²) in [5.41, 5.74) is 5.35. The number of thioether (sulfide) groups is 1. The Morgan fingerprint density at radius 3 is 2.43 bits per heavy atom. The second-order valence-corrected chi connectivity index (χ2v) is 6.77. The van der Waals surface area contributed by atoms with Crippen molar-refractivity contribution in [3.05, 3.63) is 64.7 Å². The van der Waals surface area contributed by atoms with Crippen LogP contribution in [0, 0.1) is 13.8 Å². The summed E-state index contributed by atoms with van der Waals surface area (Å²) in [7, 11) is 0. The zero-order valence-corrected chi connectivity index (χ0v) is 13.4. The van der Waals surface area contributed by atoms with Gasteiger partial charge in [0.25, 0.3) is 5.91 Å². The van der Waals surface area contributed by atoms with Crippen LogP contribution in [-0.2, 0) is 0 Å². The first kappa shape index (κ1) is 14.2. The van der Waals surface area contributed by atoms with E-state index >= 15 is 0 Å². The van der Waals surface area contributed by atoms with Crippen LogP contribution >= 0.6 is 11.8 Å². The summed E-state index contributed by atoms with van der Waals surface area (Å²) < 4.78 is 0. The summed E-state index contributed by atoms with van der Waals surface area (Å²) in [5, 5.41) is 0.0832. The van der Waals surface area contributed by atoms with Crippen LogP contribution in [0.5, 0.6) is 0 Å². The number of hydrogen-bond donors (Lipinski definition) is 0. The Bertz CT molecular complexity index is 675. The molecule has 0 aromatic heterocycles. The maximum Gasteiger partial charge on any atom is 0.259 e. The number of fused-ring (bicyclic) bond motifs is 1. The predicted octanol–water partition coefficient (Wildman–Crippen LogP) is 4.72. The van der Waals surface area contributed by atoms with Crippen molar-refractivity contribution in [1.82, 2.24) is 0 Å². The number of hydrogen-bond acceptors (Lipinski definition) is 2. The van der Waals surface area contributed by atoms with Gasteiger partial charge in [-0.3, -0.25) is 9.69 Å². The average molecular weight is 297 g/mol. The minimum atomic E-state index is 0.0832. The van der Waals surface area contributed by atoms with Crippen molar-refractivity contribution < 1.29 is 4.79 Å². The maximum absolute atomic E-state index is 12.8. The summed E-state index contributed by atoms with van der Waals surface area (Å²) in [6.07, 6.45) is 0. The molecule has 1 aliphatic rings. The number of benzene rings is 2. The fourth-order valence-electron chi connectivity index (χ4n) is 2.95. The number of anilines is 1. The van der Waals surface area contributed by atoms with E-state index in [2.05, 4.69) is 45.0 Å². The Balaban J connectivity index is 2.11. The highest BCUT2D eigenvalue weighted by Crippen LogP contribution is 2.44. The zero-order chi connectivity index (χ0) is 15.0. The molecule has 0 saturated heterocycles. The van der Waals surface area contributed by atoms with Gasteiger partial charge < -0.3 is 0 Å². The second-order valence-electron chi connectivity index (χ2n) is 5.42. The zero-order valence-electron chi connectivity index (χ0n) is 12.6. The smallest absolute Gasteiger partial charge is 0.259 e. The Kier molecular flexibility index (Phi) is 3.77. The molecule has 0 radical (unpaired) electrons. The molecule has 0 fully saturated rings. The van der Waals surface area contributed by atoms with Crippen LogP contribution in [0.2, 0.25) is 0 Å². The van der Waals surface area contributed by atoms with Gasteiger partial charge >= 0.3 is 0 Å². The molecule has 1 aliphatic heterocycles. The highest BCUT2D eigenvalue weighted by Gasteiger charge is 2.37. The fourth-order valence-corrected chi connectivity index (χ4v) is 4.01. The van der Waals surface area contributed by atoms with Crippen molar-refractivity contribution >= 4 is 23.4 Å². The molecule has 21 heavy (non-hydrogen) atoms. The highest BCUT2D eigenvalue weighted by atomic mass is 32.2. The predicted molar refractivity (Wildman–Crippen MR) is 90.0 cm³/mol.